The summed E-state index contributed by atoms with van der Waals surface area (Å²) in [4.78, 5) is 22.6. The van der Waals surface area contributed by atoms with Crippen molar-refractivity contribution in [3.8, 4) is 5.75 Å². The molecule has 0 saturated heterocycles. The number of methoxy groups -OCH3 is 1. The van der Waals surface area contributed by atoms with Crippen molar-refractivity contribution >= 4 is 11.9 Å². The second-order valence-electron chi connectivity index (χ2n) is 5.25. The van der Waals surface area contributed by atoms with Crippen LogP contribution in [0.3, 0.4) is 0 Å². The topological polar surface area (TPSA) is 75.6 Å². The molecular weight excluding hydrogens is 258 g/mol. The van der Waals surface area contributed by atoms with E-state index in [4.69, 9.17) is 9.84 Å². The summed E-state index contributed by atoms with van der Waals surface area (Å²) in [6, 6.07) is 5.68. The molecule has 2 N–H and O–H groups in total. The van der Waals surface area contributed by atoms with Crippen LogP contribution in [0.4, 0.5) is 0 Å². The van der Waals surface area contributed by atoms with Gasteiger partial charge in [-0.3, -0.25) is 9.59 Å². The predicted molar refractivity (Wildman–Crippen MR) is 73.7 cm³/mol. The summed E-state index contributed by atoms with van der Waals surface area (Å²) in [6.45, 7) is 1.95. The van der Waals surface area contributed by atoms with Gasteiger partial charge in [0.05, 0.1) is 19.4 Å². The third kappa shape index (κ3) is 3.29. The third-order valence-electron chi connectivity index (χ3n) is 3.69. The van der Waals surface area contributed by atoms with Gasteiger partial charge in [0.2, 0.25) is 5.91 Å². The SMILES string of the molecule is COc1cc(CC(=O)NC2CC(C(=O)O)C2)ccc1C. The Morgan fingerprint density at radius 2 is 2.10 bits per heavy atom. The molecule has 0 radical (unpaired) electrons. The number of carbonyl (C=O) groups is 2. The maximum atomic E-state index is 11.9. The Balaban J connectivity index is 1.85. The Hall–Kier alpha value is -2.04. The van der Waals surface area contributed by atoms with Gasteiger partial charge >= 0.3 is 5.97 Å². The molecule has 1 aliphatic carbocycles. The van der Waals surface area contributed by atoms with E-state index < -0.39 is 5.97 Å². The number of amides is 1. The molecule has 0 atom stereocenters. The van der Waals surface area contributed by atoms with Crippen LogP contribution in [0.2, 0.25) is 0 Å². The van der Waals surface area contributed by atoms with Crippen LogP contribution in [0.15, 0.2) is 18.2 Å². The Kier molecular flexibility index (Phi) is 4.27. The zero-order valence-corrected chi connectivity index (χ0v) is 11.7. The van der Waals surface area contributed by atoms with Crippen LogP contribution in [0.5, 0.6) is 5.75 Å². The Labute approximate surface area is 117 Å². The van der Waals surface area contributed by atoms with E-state index in [0.717, 1.165) is 16.9 Å². The van der Waals surface area contributed by atoms with Crippen LogP contribution in [0, 0.1) is 12.8 Å². The molecule has 108 valence electrons. The highest BCUT2D eigenvalue weighted by atomic mass is 16.5. The number of rotatable bonds is 5. The van der Waals surface area contributed by atoms with Crippen molar-refractivity contribution in [3.63, 3.8) is 0 Å². The van der Waals surface area contributed by atoms with Crippen molar-refractivity contribution in [2.24, 2.45) is 5.92 Å². The Bertz CT molecular complexity index is 521. The van der Waals surface area contributed by atoms with Crippen LogP contribution >= 0.6 is 0 Å². The summed E-state index contributed by atoms with van der Waals surface area (Å²) in [6.07, 6.45) is 1.33. The summed E-state index contributed by atoms with van der Waals surface area (Å²) in [5, 5.41) is 11.6. The molecule has 20 heavy (non-hydrogen) atoms. The third-order valence-corrected chi connectivity index (χ3v) is 3.69. The minimum absolute atomic E-state index is 0.00376. The van der Waals surface area contributed by atoms with E-state index in [1.807, 2.05) is 25.1 Å². The second kappa shape index (κ2) is 5.94. The fourth-order valence-corrected chi connectivity index (χ4v) is 2.38. The molecule has 5 heteroatoms. The summed E-state index contributed by atoms with van der Waals surface area (Å²) < 4.78 is 5.22. The summed E-state index contributed by atoms with van der Waals surface area (Å²) in [5.41, 5.74) is 1.92. The molecular formula is C15H19NO4. The van der Waals surface area contributed by atoms with Gasteiger partial charge < -0.3 is 15.2 Å². The lowest BCUT2D eigenvalue weighted by Gasteiger charge is -2.32. The minimum atomic E-state index is -0.779. The quantitative estimate of drug-likeness (QED) is 0.855. The Morgan fingerprint density at radius 3 is 2.70 bits per heavy atom. The first kappa shape index (κ1) is 14.4. The number of aryl methyl sites for hydroxylation is 1. The smallest absolute Gasteiger partial charge is 0.306 e. The monoisotopic (exact) mass is 277 g/mol. The molecule has 0 aliphatic heterocycles. The van der Waals surface area contributed by atoms with Gasteiger partial charge in [-0.2, -0.15) is 0 Å². The number of carbonyl (C=O) groups excluding carboxylic acids is 1. The van der Waals surface area contributed by atoms with Crippen LogP contribution in [-0.4, -0.2) is 30.1 Å². The van der Waals surface area contributed by atoms with E-state index in [-0.39, 0.29) is 24.3 Å². The van der Waals surface area contributed by atoms with Gasteiger partial charge in [-0.05, 0) is 37.0 Å². The van der Waals surface area contributed by atoms with Gasteiger partial charge in [-0.15, -0.1) is 0 Å². The molecule has 1 aliphatic rings. The summed E-state index contributed by atoms with van der Waals surface area (Å²) in [7, 11) is 1.60. The van der Waals surface area contributed by atoms with Gasteiger partial charge in [0.25, 0.3) is 0 Å². The lowest BCUT2D eigenvalue weighted by molar-refractivity contribution is -0.146. The molecule has 1 aromatic rings. The molecule has 1 fully saturated rings. The lowest BCUT2D eigenvalue weighted by Crippen LogP contribution is -2.47. The number of carboxylic acid groups (broad SMARTS) is 1. The van der Waals surface area contributed by atoms with E-state index in [2.05, 4.69) is 5.32 Å². The van der Waals surface area contributed by atoms with Crippen LogP contribution < -0.4 is 10.1 Å². The van der Waals surface area contributed by atoms with Gasteiger partial charge in [0.15, 0.2) is 0 Å². The van der Waals surface area contributed by atoms with Crippen molar-refractivity contribution in [2.75, 3.05) is 7.11 Å². The first-order chi connectivity index (χ1) is 9.49. The highest BCUT2D eigenvalue weighted by molar-refractivity contribution is 5.79. The van der Waals surface area contributed by atoms with E-state index >= 15 is 0 Å². The van der Waals surface area contributed by atoms with Crippen LogP contribution in [0.1, 0.15) is 24.0 Å². The summed E-state index contributed by atoms with van der Waals surface area (Å²) in [5.74, 6) is -0.395. The fraction of sp³-hybridized carbons (Fsp3) is 0.467. The average Bonchev–Trinajstić information content (AvgIpc) is 2.35. The van der Waals surface area contributed by atoms with E-state index in [9.17, 15) is 9.59 Å². The van der Waals surface area contributed by atoms with Gasteiger partial charge in [-0.25, -0.2) is 0 Å². The van der Waals surface area contributed by atoms with Gasteiger partial charge in [-0.1, -0.05) is 12.1 Å². The highest BCUT2D eigenvalue weighted by Gasteiger charge is 2.35. The molecule has 0 bridgehead atoms. The summed E-state index contributed by atoms with van der Waals surface area (Å²) >= 11 is 0. The van der Waals surface area contributed by atoms with Crippen LogP contribution in [-0.2, 0) is 16.0 Å². The van der Waals surface area contributed by atoms with E-state index in [1.54, 1.807) is 7.11 Å². The highest BCUT2D eigenvalue weighted by Crippen LogP contribution is 2.27. The Morgan fingerprint density at radius 1 is 1.40 bits per heavy atom. The number of hydrogen-bond donors (Lipinski definition) is 2. The average molecular weight is 277 g/mol. The molecule has 1 amide bonds. The number of ether oxygens (including phenoxy) is 1. The fourth-order valence-electron chi connectivity index (χ4n) is 2.38. The molecule has 1 saturated carbocycles. The van der Waals surface area contributed by atoms with Crippen molar-refractivity contribution in [1.82, 2.24) is 5.32 Å². The van der Waals surface area contributed by atoms with Crippen molar-refractivity contribution in [3.05, 3.63) is 29.3 Å². The predicted octanol–water partition coefficient (Wildman–Crippen LogP) is 1.53. The molecule has 5 nitrogen and oxygen atoms in total. The minimum Gasteiger partial charge on any atom is -0.496 e. The maximum absolute atomic E-state index is 11.9. The van der Waals surface area contributed by atoms with Gasteiger partial charge in [0, 0.05) is 6.04 Å². The number of hydrogen-bond acceptors (Lipinski definition) is 3. The largest absolute Gasteiger partial charge is 0.496 e. The molecule has 0 aromatic heterocycles. The molecule has 1 aromatic carbocycles. The molecule has 2 rings (SSSR count). The van der Waals surface area contributed by atoms with Crippen molar-refractivity contribution in [2.45, 2.75) is 32.2 Å². The lowest BCUT2D eigenvalue weighted by atomic mass is 9.80. The second-order valence-corrected chi connectivity index (χ2v) is 5.25. The van der Waals surface area contributed by atoms with E-state index in [0.29, 0.717) is 12.8 Å². The van der Waals surface area contributed by atoms with Crippen molar-refractivity contribution in [1.29, 1.82) is 0 Å². The first-order valence-corrected chi connectivity index (χ1v) is 6.65. The molecule has 0 unspecified atom stereocenters. The zero-order valence-electron chi connectivity index (χ0n) is 11.7. The van der Waals surface area contributed by atoms with Crippen LogP contribution in [0.25, 0.3) is 0 Å². The molecule has 0 heterocycles. The maximum Gasteiger partial charge on any atom is 0.306 e. The normalized spacial score (nSPS) is 20.9. The molecule has 0 spiro atoms. The van der Waals surface area contributed by atoms with E-state index in [1.165, 1.54) is 0 Å². The standard InChI is InChI=1S/C15H19NO4/c1-9-3-4-10(5-13(9)20-2)6-14(17)16-12-7-11(8-12)15(18)19/h3-5,11-12H,6-8H2,1-2H3,(H,16,17)(H,18,19). The number of aliphatic carboxylic acids is 1. The number of nitrogens with one attached hydrogen (secondary N) is 1. The zero-order chi connectivity index (χ0) is 14.7. The van der Waals surface area contributed by atoms with Gasteiger partial charge in [0.1, 0.15) is 5.75 Å². The number of benzene rings is 1. The number of carboxylic acids is 1. The first-order valence-electron chi connectivity index (χ1n) is 6.65. The van der Waals surface area contributed by atoms with Crippen molar-refractivity contribution < 1.29 is 19.4 Å².